The summed E-state index contributed by atoms with van der Waals surface area (Å²) in [6.07, 6.45) is -0.436. The van der Waals surface area contributed by atoms with Crippen molar-refractivity contribution in [3.05, 3.63) is 41.1 Å². The Morgan fingerprint density at radius 1 is 1.04 bits per heavy atom. The minimum Gasteiger partial charge on any atom is -0.481 e. The van der Waals surface area contributed by atoms with Crippen LogP contribution in [0, 0.1) is 39.9 Å². The van der Waals surface area contributed by atoms with Crippen LogP contribution >= 0.6 is 0 Å². The maximum absolute atomic E-state index is 11.1. The van der Waals surface area contributed by atoms with E-state index in [1.807, 2.05) is 0 Å². The summed E-state index contributed by atoms with van der Waals surface area (Å²) in [4.78, 5) is 21.7. The Morgan fingerprint density at radius 3 is 2.04 bits per heavy atom. The Morgan fingerprint density at radius 2 is 1.62 bits per heavy atom. The third kappa shape index (κ3) is 5.18. The molecule has 0 aliphatic carbocycles. The fraction of sp³-hybridized carbons (Fsp3) is 0.188. The summed E-state index contributed by atoms with van der Waals surface area (Å²) in [5, 5.41) is 46.8. The van der Waals surface area contributed by atoms with Crippen LogP contribution in [0.3, 0.4) is 0 Å². The topological polar surface area (TPSA) is 158 Å². The van der Waals surface area contributed by atoms with Gasteiger partial charge in [-0.05, 0) is 24.1 Å². The van der Waals surface area contributed by atoms with E-state index < -0.39 is 24.3 Å². The molecule has 1 rings (SSSR count). The van der Waals surface area contributed by atoms with E-state index in [0.29, 0.717) is 11.3 Å². The van der Waals surface area contributed by atoms with Crippen molar-refractivity contribution in [2.24, 2.45) is 5.92 Å². The van der Waals surface area contributed by atoms with Crippen LogP contribution in [0.25, 0.3) is 0 Å². The van der Waals surface area contributed by atoms with E-state index in [2.05, 4.69) is 5.32 Å². The van der Waals surface area contributed by atoms with Gasteiger partial charge in [-0.25, -0.2) is 0 Å². The molecule has 1 aromatic rings. The predicted octanol–water partition coefficient (Wildman–Crippen LogP) is 1.64. The Hall–Kier alpha value is -3.83. The van der Waals surface area contributed by atoms with Crippen molar-refractivity contribution < 1.29 is 19.8 Å². The number of nitriles is 3. The van der Waals surface area contributed by atoms with Gasteiger partial charge in [0.1, 0.15) is 23.9 Å². The Balaban J connectivity index is 2.90. The maximum Gasteiger partial charge on any atom is 0.307 e. The number of anilines is 1. The van der Waals surface area contributed by atoms with E-state index >= 15 is 0 Å². The summed E-state index contributed by atoms with van der Waals surface area (Å²) in [6, 6.07) is 11.2. The smallest absolute Gasteiger partial charge is 0.307 e. The number of carbonyl (C=O) groups is 2. The van der Waals surface area contributed by atoms with Gasteiger partial charge in [0.25, 0.3) is 0 Å². The van der Waals surface area contributed by atoms with Gasteiger partial charge in [-0.3, -0.25) is 9.59 Å². The number of hydrogen-bond donors (Lipinski definition) is 3. The number of nitrogens with one attached hydrogen (secondary N) is 1. The van der Waals surface area contributed by atoms with Crippen molar-refractivity contribution in [1.82, 2.24) is 0 Å². The molecule has 1 aromatic carbocycles. The second kappa shape index (κ2) is 8.57. The van der Waals surface area contributed by atoms with E-state index in [0.717, 1.165) is 0 Å². The summed E-state index contributed by atoms with van der Waals surface area (Å²) in [6.45, 7) is 0. The highest BCUT2D eigenvalue weighted by Gasteiger charge is 2.21. The van der Waals surface area contributed by atoms with Gasteiger partial charge in [0.15, 0.2) is 5.57 Å². The van der Waals surface area contributed by atoms with E-state index in [4.69, 9.17) is 26.0 Å². The molecular formula is C16H12N4O4. The van der Waals surface area contributed by atoms with Crippen molar-refractivity contribution >= 4 is 17.6 Å². The molecule has 0 fully saturated rings. The minimum atomic E-state index is -1.19. The highest BCUT2D eigenvalue weighted by Crippen LogP contribution is 2.17. The molecule has 0 spiro atoms. The second-order valence-electron chi connectivity index (χ2n) is 4.74. The van der Waals surface area contributed by atoms with E-state index in [1.165, 1.54) is 0 Å². The summed E-state index contributed by atoms with van der Waals surface area (Å²) < 4.78 is 0. The average molecular weight is 324 g/mol. The number of rotatable bonds is 7. The van der Waals surface area contributed by atoms with Gasteiger partial charge in [0.05, 0.1) is 12.3 Å². The lowest BCUT2D eigenvalue weighted by molar-refractivity contribution is -0.148. The minimum absolute atomic E-state index is 0.0461. The predicted molar refractivity (Wildman–Crippen MR) is 81.0 cm³/mol. The number of hydrogen-bond acceptors (Lipinski definition) is 6. The summed E-state index contributed by atoms with van der Waals surface area (Å²) in [5.74, 6) is -3.42. The van der Waals surface area contributed by atoms with Crippen LogP contribution in [0.5, 0.6) is 0 Å². The maximum atomic E-state index is 11.1. The van der Waals surface area contributed by atoms with Crippen molar-refractivity contribution in [1.29, 1.82) is 15.8 Å². The molecule has 0 saturated carbocycles. The van der Waals surface area contributed by atoms with Gasteiger partial charge in [0, 0.05) is 5.69 Å². The number of benzene rings is 1. The highest BCUT2D eigenvalue weighted by molar-refractivity contribution is 5.78. The average Bonchev–Trinajstić information content (AvgIpc) is 2.55. The summed E-state index contributed by atoms with van der Waals surface area (Å²) >= 11 is 0. The number of carboxylic acids is 2. The van der Waals surface area contributed by atoms with Crippen LogP contribution in [-0.4, -0.2) is 22.2 Å². The lowest BCUT2D eigenvalue weighted by atomic mass is 9.96. The van der Waals surface area contributed by atoms with Crippen LogP contribution in [0.1, 0.15) is 12.0 Å². The van der Waals surface area contributed by atoms with Crippen molar-refractivity contribution in [2.75, 3.05) is 5.32 Å². The molecule has 0 heterocycles. The normalized spacial score (nSPS) is 10.4. The monoisotopic (exact) mass is 324 g/mol. The molecule has 0 bridgehead atoms. The first-order valence-corrected chi connectivity index (χ1v) is 6.66. The Bertz CT molecular complexity index is 775. The molecule has 1 atom stereocenters. The van der Waals surface area contributed by atoms with E-state index in [1.54, 1.807) is 42.5 Å². The van der Waals surface area contributed by atoms with Crippen LogP contribution < -0.4 is 5.32 Å². The molecule has 0 aromatic heterocycles. The molecule has 1 unspecified atom stereocenters. The zero-order valence-electron chi connectivity index (χ0n) is 12.4. The first-order valence-electron chi connectivity index (χ1n) is 6.66. The van der Waals surface area contributed by atoms with E-state index in [-0.39, 0.29) is 17.7 Å². The lowest BCUT2D eigenvalue weighted by Crippen LogP contribution is -2.20. The van der Waals surface area contributed by atoms with Crippen molar-refractivity contribution in [3.8, 4) is 18.2 Å². The summed E-state index contributed by atoms with van der Waals surface area (Å²) in [7, 11) is 0. The molecule has 0 radical (unpaired) electrons. The number of carboxylic acid groups (broad SMARTS) is 2. The van der Waals surface area contributed by atoms with Gasteiger partial charge >= 0.3 is 11.9 Å². The van der Waals surface area contributed by atoms with Gasteiger partial charge in [-0.15, -0.1) is 0 Å². The van der Waals surface area contributed by atoms with Crippen LogP contribution in [-0.2, 0) is 16.0 Å². The van der Waals surface area contributed by atoms with Crippen molar-refractivity contribution in [2.45, 2.75) is 12.8 Å². The van der Waals surface area contributed by atoms with Crippen LogP contribution in [0.2, 0.25) is 0 Å². The fourth-order valence-corrected chi connectivity index (χ4v) is 1.89. The molecule has 0 aliphatic heterocycles. The molecule has 24 heavy (non-hydrogen) atoms. The zero-order valence-corrected chi connectivity index (χ0v) is 12.4. The first kappa shape index (κ1) is 18.2. The SMILES string of the molecule is N#CC(C#N)=C(C#N)Nc1ccc(CC(CC(=O)O)C(=O)O)cc1. The fourth-order valence-electron chi connectivity index (χ4n) is 1.89. The molecule has 3 N–H and O–H groups in total. The molecule has 8 heteroatoms. The zero-order chi connectivity index (χ0) is 18.1. The molecule has 120 valence electrons. The first-order chi connectivity index (χ1) is 11.4. The third-order valence-electron chi connectivity index (χ3n) is 3.06. The van der Waals surface area contributed by atoms with Crippen LogP contribution in [0.15, 0.2) is 35.5 Å². The number of allylic oxidation sites excluding steroid dienone is 2. The molecule has 0 amide bonds. The summed E-state index contributed by atoms with van der Waals surface area (Å²) in [5.41, 5.74) is 0.497. The van der Waals surface area contributed by atoms with Gasteiger partial charge in [0.2, 0.25) is 0 Å². The highest BCUT2D eigenvalue weighted by atomic mass is 16.4. The molecule has 0 aliphatic rings. The molecular weight excluding hydrogens is 312 g/mol. The Kier molecular flexibility index (Phi) is 6.51. The van der Waals surface area contributed by atoms with Gasteiger partial charge in [-0.2, -0.15) is 15.8 Å². The van der Waals surface area contributed by atoms with Gasteiger partial charge in [-0.1, -0.05) is 12.1 Å². The van der Waals surface area contributed by atoms with Crippen molar-refractivity contribution in [3.63, 3.8) is 0 Å². The Labute approximate surface area is 137 Å². The number of aliphatic carboxylic acids is 2. The lowest BCUT2D eigenvalue weighted by Gasteiger charge is -2.11. The third-order valence-corrected chi connectivity index (χ3v) is 3.06. The van der Waals surface area contributed by atoms with Crippen LogP contribution in [0.4, 0.5) is 5.69 Å². The number of nitrogens with zero attached hydrogens (tertiary/aromatic N) is 3. The molecule has 0 saturated heterocycles. The van der Waals surface area contributed by atoms with Gasteiger partial charge < -0.3 is 15.5 Å². The van der Waals surface area contributed by atoms with E-state index in [9.17, 15) is 9.59 Å². The molecule has 8 nitrogen and oxygen atoms in total. The quantitative estimate of drug-likeness (QED) is 0.638. The second-order valence-corrected chi connectivity index (χ2v) is 4.74. The largest absolute Gasteiger partial charge is 0.481 e. The standard InChI is InChI=1S/C16H12N4O4/c17-7-12(8-18)14(9-19)20-13-3-1-10(2-4-13)5-11(16(23)24)6-15(21)22/h1-4,11,20H,5-6H2,(H,21,22)(H,23,24).